The Hall–Kier alpha value is -4.10. The van der Waals surface area contributed by atoms with Gasteiger partial charge in [-0.2, -0.15) is 5.26 Å². The number of carbonyl (C=O) groups is 1. The number of halogens is 1. The maximum Gasteiger partial charge on any atom is 0.270 e. The summed E-state index contributed by atoms with van der Waals surface area (Å²) in [7, 11) is 0. The number of Topliss-reactive ketones (excluding diaryl/α,β-unsaturated/α-hetero) is 1. The Morgan fingerprint density at radius 1 is 1.03 bits per heavy atom. The van der Waals surface area contributed by atoms with Gasteiger partial charge < -0.3 is 4.42 Å². The zero-order valence-electron chi connectivity index (χ0n) is 14.9. The Labute approximate surface area is 177 Å². The van der Waals surface area contributed by atoms with Crippen LogP contribution in [0.2, 0.25) is 0 Å². The highest BCUT2D eigenvalue weighted by atomic mass is 79.9. The highest BCUT2D eigenvalue weighted by molar-refractivity contribution is 9.10. The Kier molecular flexibility index (Phi) is 5.85. The minimum absolute atomic E-state index is 0.00175. The van der Waals surface area contributed by atoms with Crippen LogP contribution in [0.4, 0.5) is 11.4 Å². The topological polar surface area (TPSA) is 140 Å². The summed E-state index contributed by atoms with van der Waals surface area (Å²) in [5.41, 5.74) is -0.0714. The van der Waals surface area contributed by atoms with Gasteiger partial charge >= 0.3 is 0 Å². The van der Waals surface area contributed by atoms with Crippen molar-refractivity contribution in [3.05, 3.63) is 96.2 Å². The van der Waals surface area contributed by atoms with E-state index >= 15 is 0 Å². The van der Waals surface area contributed by atoms with Gasteiger partial charge in [-0.3, -0.25) is 25.0 Å². The first kappa shape index (κ1) is 20.6. The number of nitrogens with zero attached hydrogens (tertiary/aromatic N) is 3. The third-order valence-corrected chi connectivity index (χ3v) is 4.68. The van der Waals surface area contributed by atoms with Crippen molar-refractivity contribution in [1.29, 1.82) is 5.26 Å². The van der Waals surface area contributed by atoms with Crippen LogP contribution < -0.4 is 0 Å². The lowest BCUT2D eigenvalue weighted by Gasteiger charge is -2.01. The third kappa shape index (κ3) is 4.31. The summed E-state index contributed by atoms with van der Waals surface area (Å²) in [5, 5.41) is 31.1. The van der Waals surface area contributed by atoms with E-state index in [0.717, 1.165) is 6.07 Å². The molecule has 0 amide bonds. The smallest absolute Gasteiger partial charge is 0.270 e. The summed E-state index contributed by atoms with van der Waals surface area (Å²) in [5.74, 6) is -0.121. The zero-order chi connectivity index (χ0) is 21.8. The number of allylic oxidation sites excluding steroid dienone is 1. The predicted octanol–water partition coefficient (Wildman–Crippen LogP) is 5.32. The van der Waals surface area contributed by atoms with Crippen LogP contribution in [-0.2, 0) is 0 Å². The Bertz CT molecular complexity index is 1260. The first-order valence-electron chi connectivity index (χ1n) is 8.25. The zero-order valence-corrected chi connectivity index (χ0v) is 16.5. The number of non-ortho nitro benzene ring substituents is 2. The Morgan fingerprint density at radius 2 is 1.73 bits per heavy atom. The largest absolute Gasteiger partial charge is 0.457 e. The summed E-state index contributed by atoms with van der Waals surface area (Å²) in [6.07, 6.45) is 1.23. The quantitative estimate of drug-likeness (QED) is 0.157. The van der Waals surface area contributed by atoms with Crippen LogP contribution >= 0.6 is 15.9 Å². The second-order valence-electron chi connectivity index (χ2n) is 5.93. The number of nitro benzene ring substituents is 2. The fourth-order valence-corrected chi connectivity index (χ4v) is 3.16. The van der Waals surface area contributed by atoms with E-state index in [2.05, 4.69) is 15.9 Å². The van der Waals surface area contributed by atoms with Crippen LogP contribution in [0.25, 0.3) is 17.4 Å². The fourth-order valence-electron chi connectivity index (χ4n) is 2.60. The number of nitriles is 1. The van der Waals surface area contributed by atoms with Gasteiger partial charge in [-0.25, -0.2) is 0 Å². The summed E-state index contributed by atoms with van der Waals surface area (Å²) in [6, 6.07) is 14.1. The van der Waals surface area contributed by atoms with Crippen LogP contribution in [-0.4, -0.2) is 15.6 Å². The standard InChI is InChI=1S/C20H10BrN3O6/c21-18-10-15(24(28)29)4-6-17(18)19-7-5-16(30-19)9-13(11-22)20(25)12-2-1-3-14(8-12)23(26)27/h1-10H/b13-9+. The van der Waals surface area contributed by atoms with E-state index in [9.17, 15) is 30.3 Å². The normalized spacial score (nSPS) is 11.0. The van der Waals surface area contributed by atoms with Crippen molar-refractivity contribution in [2.24, 2.45) is 0 Å². The number of ketones is 1. The molecule has 0 aliphatic carbocycles. The van der Waals surface area contributed by atoms with Gasteiger partial charge in [0.1, 0.15) is 23.2 Å². The minimum Gasteiger partial charge on any atom is -0.457 e. The molecule has 0 unspecified atom stereocenters. The monoisotopic (exact) mass is 467 g/mol. The summed E-state index contributed by atoms with van der Waals surface area (Å²) < 4.78 is 6.08. The number of carbonyl (C=O) groups excluding carboxylic acids is 1. The van der Waals surface area contributed by atoms with Crippen molar-refractivity contribution < 1.29 is 19.1 Å². The average Bonchev–Trinajstić information content (AvgIpc) is 3.19. The van der Waals surface area contributed by atoms with Gasteiger partial charge in [0.05, 0.1) is 9.85 Å². The molecule has 30 heavy (non-hydrogen) atoms. The predicted molar refractivity (Wildman–Crippen MR) is 110 cm³/mol. The van der Waals surface area contributed by atoms with E-state index in [-0.39, 0.29) is 28.3 Å². The number of furan rings is 1. The van der Waals surface area contributed by atoms with Gasteiger partial charge in [-0.05, 0) is 34.1 Å². The molecule has 0 bridgehead atoms. The second-order valence-corrected chi connectivity index (χ2v) is 6.78. The first-order chi connectivity index (χ1) is 14.3. The molecule has 148 valence electrons. The van der Waals surface area contributed by atoms with Gasteiger partial charge in [-0.15, -0.1) is 0 Å². The maximum atomic E-state index is 12.6. The van der Waals surface area contributed by atoms with Crippen molar-refractivity contribution in [2.75, 3.05) is 0 Å². The second kappa shape index (κ2) is 8.50. The highest BCUT2D eigenvalue weighted by Gasteiger charge is 2.17. The van der Waals surface area contributed by atoms with E-state index in [4.69, 9.17) is 4.42 Å². The van der Waals surface area contributed by atoms with Crippen molar-refractivity contribution in [3.63, 3.8) is 0 Å². The molecule has 0 spiro atoms. The van der Waals surface area contributed by atoms with Crippen molar-refractivity contribution >= 4 is 39.2 Å². The molecule has 0 N–H and O–H groups in total. The SMILES string of the molecule is N#C/C(=C\c1ccc(-c2ccc([N+](=O)[O-])cc2Br)o1)C(=O)c1cccc([N+](=O)[O-])c1. The number of hydrogen-bond acceptors (Lipinski definition) is 7. The van der Waals surface area contributed by atoms with E-state index in [0.29, 0.717) is 15.8 Å². The summed E-state index contributed by atoms with van der Waals surface area (Å²) in [6.45, 7) is 0. The van der Waals surface area contributed by atoms with Crippen molar-refractivity contribution in [2.45, 2.75) is 0 Å². The van der Waals surface area contributed by atoms with Crippen LogP contribution in [0, 0.1) is 31.6 Å². The molecular weight excluding hydrogens is 458 g/mol. The van der Waals surface area contributed by atoms with Crippen LogP contribution in [0.15, 0.2) is 69.1 Å². The fraction of sp³-hybridized carbons (Fsp3) is 0. The number of hydrogen-bond donors (Lipinski definition) is 0. The van der Waals surface area contributed by atoms with Gasteiger partial charge in [0.15, 0.2) is 0 Å². The van der Waals surface area contributed by atoms with Gasteiger partial charge in [0, 0.05) is 45.9 Å². The van der Waals surface area contributed by atoms with Crippen molar-refractivity contribution in [1.82, 2.24) is 0 Å². The van der Waals surface area contributed by atoms with E-state index < -0.39 is 15.6 Å². The van der Waals surface area contributed by atoms with Crippen LogP contribution in [0.3, 0.4) is 0 Å². The number of nitro groups is 2. The molecule has 0 atom stereocenters. The minimum atomic E-state index is -0.685. The molecule has 3 aromatic rings. The van der Waals surface area contributed by atoms with E-state index in [1.165, 1.54) is 48.5 Å². The number of benzene rings is 2. The maximum absolute atomic E-state index is 12.6. The Morgan fingerprint density at radius 3 is 2.37 bits per heavy atom. The average molecular weight is 468 g/mol. The molecule has 1 aromatic heterocycles. The number of rotatable bonds is 6. The molecule has 0 aliphatic heterocycles. The molecule has 0 aliphatic rings. The molecular formula is C20H10BrN3O6. The first-order valence-corrected chi connectivity index (χ1v) is 9.04. The molecule has 1 heterocycles. The van der Waals surface area contributed by atoms with Crippen LogP contribution in [0.5, 0.6) is 0 Å². The molecule has 3 rings (SSSR count). The molecule has 0 radical (unpaired) electrons. The highest BCUT2D eigenvalue weighted by Crippen LogP contribution is 2.33. The van der Waals surface area contributed by atoms with E-state index in [1.54, 1.807) is 12.1 Å². The molecule has 0 saturated carbocycles. The molecule has 0 saturated heterocycles. The lowest BCUT2D eigenvalue weighted by Crippen LogP contribution is -2.02. The lowest BCUT2D eigenvalue weighted by molar-refractivity contribution is -0.385. The van der Waals surface area contributed by atoms with Gasteiger partial charge in [-0.1, -0.05) is 12.1 Å². The molecule has 2 aromatic carbocycles. The lowest BCUT2D eigenvalue weighted by atomic mass is 10.0. The van der Waals surface area contributed by atoms with Crippen molar-refractivity contribution in [3.8, 4) is 17.4 Å². The molecule has 0 fully saturated rings. The summed E-state index contributed by atoms with van der Waals surface area (Å²) >= 11 is 3.26. The third-order valence-electron chi connectivity index (χ3n) is 4.03. The van der Waals surface area contributed by atoms with Crippen LogP contribution in [0.1, 0.15) is 16.1 Å². The Balaban J connectivity index is 1.91. The van der Waals surface area contributed by atoms with Gasteiger partial charge in [0.25, 0.3) is 11.4 Å². The molecule has 9 nitrogen and oxygen atoms in total. The molecule has 10 heteroatoms. The van der Waals surface area contributed by atoms with E-state index in [1.807, 2.05) is 0 Å². The summed E-state index contributed by atoms with van der Waals surface area (Å²) in [4.78, 5) is 33.1. The van der Waals surface area contributed by atoms with Gasteiger partial charge in [0.2, 0.25) is 5.78 Å².